The van der Waals surface area contributed by atoms with Crippen molar-refractivity contribution in [1.29, 1.82) is 0 Å². The number of hydrogen-bond acceptors (Lipinski definition) is 6. The summed E-state index contributed by atoms with van der Waals surface area (Å²) in [6.45, 7) is 2.68. The zero-order valence-electron chi connectivity index (χ0n) is 16.2. The number of aliphatic hydroxyl groups is 2. The molecule has 28 heavy (non-hydrogen) atoms. The molecule has 6 heteroatoms. The van der Waals surface area contributed by atoms with Crippen LogP contribution in [0.15, 0.2) is 12.1 Å². The van der Waals surface area contributed by atoms with Crippen molar-refractivity contribution in [3.63, 3.8) is 0 Å². The van der Waals surface area contributed by atoms with Crippen LogP contribution in [0.5, 0.6) is 11.5 Å². The maximum atomic E-state index is 12.3. The van der Waals surface area contributed by atoms with Crippen LogP contribution >= 0.6 is 0 Å². The van der Waals surface area contributed by atoms with Crippen LogP contribution in [-0.2, 0) is 11.8 Å². The Morgan fingerprint density at radius 3 is 2.86 bits per heavy atom. The molecule has 4 N–H and O–H groups in total. The number of benzene rings is 1. The third kappa shape index (κ3) is 2.07. The molecule has 2 aliphatic heterocycles. The van der Waals surface area contributed by atoms with Gasteiger partial charge >= 0.3 is 0 Å². The number of likely N-dealkylation sites (tertiary alicyclic amines) is 1. The minimum Gasteiger partial charge on any atom is -0.504 e. The van der Waals surface area contributed by atoms with E-state index in [0.717, 1.165) is 50.3 Å². The second-order valence-corrected chi connectivity index (χ2v) is 9.61. The Morgan fingerprint density at radius 1 is 1.21 bits per heavy atom. The van der Waals surface area contributed by atoms with E-state index < -0.39 is 11.0 Å². The molecule has 5 aliphatic rings. The van der Waals surface area contributed by atoms with Gasteiger partial charge in [-0.3, -0.25) is 4.90 Å². The van der Waals surface area contributed by atoms with Gasteiger partial charge in [-0.2, -0.15) is 0 Å². The summed E-state index contributed by atoms with van der Waals surface area (Å²) in [5.41, 5.74) is 1.00. The average Bonchev–Trinajstić information content (AvgIpc) is 3.42. The third-order valence-corrected chi connectivity index (χ3v) is 8.28. The van der Waals surface area contributed by atoms with E-state index in [9.17, 15) is 15.3 Å². The van der Waals surface area contributed by atoms with Crippen molar-refractivity contribution in [1.82, 2.24) is 10.2 Å². The molecule has 152 valence electrons. The summed E-state index contributed by atoms with van der Waals surface area (Å²) < 4.78 is 6.44. The summed E-state index contributed by atoms with van der Waals surface area (Å²) in [6, 6.07) is 3.99. The second-order valence-electron chi connectivity index (χ2n) is 9.61. The molecule has 0 radical (unpaired) electrons. The number of nitrogens with one attached hydrogen (secondary N) is 1. The Morgan fingerprint density at radius 2 is 2.07 bits per heavy atom. The SMILES string of the molecule is OCCN[C@H]1CC[C@@]2(O)[C@H]3Cc4ccc(O)c5c4C2(CCN3CC2CC2)[C@H]1O5. The van der Waals surface area contributed by atoms with Crippen LogP contribution in [0.1, 0.15) is 43.2 Å². The fraction of sp³-hybridized carbons (Fsp3) is 0.727. The molecule has 1 spiro atoms. The first kappa shape index (κ1) is 17.5. The molecule has 3 fully saturated rings. The van der Waals surface area contributed by atoms with Gasteiger partial charge < -0.3 is 25.4 Å². The highest BCUT2D eigenvalue weighted by molar-refractivity contribution is 5.62. The Labute approximate surface area is 165 Å². The first-order valence-electron chi connectivity index (χ1n) is 10.9. The lowest BCUT2D eigenvalue weighted by Crippen LogP contribution is -2.78. The Balaban J connectivity index is 1.49. The van der Waals surface area contributed by atoms with E-state index in [1.54, 1.807) is 6.07 Å². The van der Waals surface area contributed by atoms with Crippen molar-refractivity contribution < 1.29 is 20.1 Å². The van der Waals surface area contributed by atoms with Crippen LogP contribution in [0.3, 0.4) is 0 Å². The lowest BCUT2D eigenvalue weighted by atomic mass is 9.48. The van der Waals surface area contributed by atoms with Crippen LogP contribution in [0.4, 0.5) is 0 Å². The Hall–Kier alpha value is -1.34. The van der Waals surface area contributed by atoms with Crippen molar-refractivity contribution in [2.24, 2.45) is 5.92 Å². The van der Waals surface area contributed by atoms with Crippen LogP contribution in [0.2, 0.25) is 0 Å². The zero-order chi connectivity index (χ0) is 19.1. The summed E-state index contributed by atoms with van der Waals surface area (Å²) in [5.74, 6) is 1.57. The first-order chi connectivity index (χ1) is 13.6. The van der Waals surface area contributed by atoms with Crippen molar-refractivity contribution >= 4 is 0 Å². The average molecular weight is 386 g/mol. The molecule has 0 aromatic heterocycles. The number of rotatable bonds is 5. The van der Waals surface area contributed by atoms with E-state index >= 15 is 0 Å². The van der Waals surface area contributed by atoms with Crippen molar-refractivity contribution in [3.05, 3.63) is 23.3 Å². The van der Waals surface area contributed by atoms with Gasteiger partial charge in [-0.25, -0.2) is 0 Å². The zero-order valence-corrected chi connectivity index (χ0v) is 16.2. The molecule has 5 atom stereocenters. The van der Waals surface area contributed by atoms with Gasteiger partial charge in [0.25, 0.3) is 0 Å². The van der Waals surface area contributed by atoms with Gasteiger partial charge in [0.15, 0.2) is 11.5 Å². The van der Waals surface area contributed by atoms with E-state index in [2.05, 4.69) is 10.2 Å². The molecule has 6 nitrogen and oxygen atoms in total. The largest absolute Gasteiger partial charge is 0.504 e. The quantitative estimate of drug-likeness (QED) is 0.602. The maximum Gasteiger partial charge on any atom is 0.165 e. The van der Waals surface area contributed by atoms with Crippen molar-refractivity contribution in [3.8, 4) is 11.5 Å². The molecule has 2 heterocycles. The summed E-state index contributed by atoms with van der Waals surface area (Å²) >= 11 is 0. The number of hydrogen-bond donors (Lipinski definition) is 4. The van der Waals surface area contributed by atoms with Gasteiger partial charge in [0, 0.05) is 30.7 Å². The molecule has 6 rings (SSSR count). The number of aromatic hydroxyl groups is 1. The number of piperidine rings is 1. The number of aliphatic hydroxyl groups excluding tert-OH is 1. The maximum absolute atomic E-state index is 12.3. The molecule has 1 aromatic rings. The number of ether oxygens (including phenoxy) is 1. The van der Waals surface area contributed by atoms with E-state index in [1.165, 1.54) is 18.4 Å². The molecule has 3 aliphatic carbocycles. The summed E-state index contributed by atoms with van der Waals surface area (Å²) in [5, 5.41) is 35.6. The van der Waals surface area contributed by atoms with Crippen molar-refractivity contribution in [2.75, 3.05) is 26.2 Å². The van der Waals surface area contributed by atoms with Crippen molar-refractivity contribution in [2.45, 2.75) is 67.7 Å². The molecule has 2 bridgehead atoms. The normalized spacial score (nSPS) is 40.9. The number of phenolic OH excluding ortho intramolecular Hbond substituents is 1. The Bertz CT molecular complexity index is 812. The predicted octanol–water partition coefficient (Wildman–Crippen LogP) is 0.907. The van der Waals surface area contributed by atoms with E-state index in [0.29, 0.717) is 12.3 Å². The van der Waals surface area contributed by atoms with Crippen LogP contribution < -0.4 is 10.1 Å². The minimum atomic E-state index is -0.825. The van der Waals surface area contributed by atoms with Gasteiger partial charge in [0.1, 0.15) is 6.10 Å². The van der Waals surface area contributed by atoms with Gasteiger partial charge in [-0.1, -0.05) is 6.07 Å². The highest BCUT2D eigenvalue weighted by Gasteiger charge is 2.72. The van der Waals surface area contributed by atoms with Gasteiger partial charge in [0.05, 0.1) is 17.6 Å². The third-order valence-electron chi connectivity index (χ3n) is 8.28. The van der Waals surface area contributed by atoms with Gasteiger partial charge in [-0.05, 0) is 62.6 Å². The van der Waals surface area contributed by atoms with Crippen LogP contribution in [-0.4, -0.2) is 70.2 Å². The van der Waals surface area contributed by atoms with E-state index in [-0.39, 0.29) is 30.5 Å². The monoisotopic (exact) mass is 386 g/mol. The number of nitrogens with zero attached hydrogens (tertiary/aromatic N) is 1. The standard InChI is InChI=1S/C22H30N2O4/c25-10-8-23-15-5-6-22(27)17-11-14-3-4-16(26)19-18(14)21(22,20(15)28-19)7-9-24(17)12-13-1-2-13/h3-4,13,15,17,20,23,25-27H,1-2,5-12H2/t15-,17+,20-,21?,22+/m0/s1. The van der Waals surface area contributed by atoms with Crippen LogP contribution in [0.25, 0.3) is 0 Å². The molecule has 1 aromatic carbocycles. The summed E-state index contributed by atoms with van der Waals surface area (Å²) in [7, 11) is 0. The highest BCUT2D eigenvalue weighted by Crippen LogP contribution is 2.65. The molecular formula is C22H30N2O4. The lowest BCUT2D eigenvalue weighted by molar-refractivity contribution is -0.191. The lowest BCUT2D eigenvalue weighted by Gasteiger charge is -2.64. The summed E-state index contributed by atoms with van der Waals surface area (Å²) in [4.78, 5) is 2.55. The van der Waals surface area contributed by atoms with Gasteiger partial charge in [-0.15, -0.1) is 0 Å². The molecular weight excluding hydrogens is 356 g/mol. The second kappa shape index (κ2) is 5.85. The molecule has 0 amide bonds. The molecule has 1 saturated heterocycles. The first-order valence-corrected chi connectivity index (χ1v) is 10.9. The molecule has 1 unspecified atom stereocenters. The minimum absolute atomic E-state index is 0.0702. The van der Waals surface area contributed by atoms with Crippen LogP contribution in [0, 0.1) is 5.92 Å². The fourth-order valence-corrected chi connectivity index (χ4v) is 6.94. The number of phenols is 1. The fourth-order valence-electron chi connectivity index (χ4n) is 6.94. The van der Waals surface area contributed by atoms with E-state index in [4.69, 9.17) is 4.74 Å². The Kier molecular flexibility index (Phi) is 3.66. The highest BCUT2D eigenvalue weighted by atomic mass is 16.5. The smallest absolute Gasteiger partial charge is 0.165 e. The topological polar surface area (TPSA) is 85.2 Å². The summed E-state index contributed by atoms with van der Waals surface area (Å²) in [6.07, 6.45) is 5.68. The van der Waals surface area contributed by atoms with E-state index in [1.807, 2.05) is 6.07 Å². The molecule has 2 saturated carbocycles. The van der Waals surface area contributed by atoms with Gasteiger partial charge in [0.2, 0.25) is 0 Å². The predicted molar refractivity (Wildman–Crippen MR) is 104 cm³/mol.